The zero-order valence-corrected chi connectivity index (χ0v) is 48.1. The van der Waals surface area contributed by atoms with Gasteiger partial charge in [-0.1, -0.05) is 32.4 Å². The molecule has 70 heavy (non-hydrogen) atoms. The van der Waals surface area contributed by atoms with E-state index >= 15 is 0 Å². The molecule has 5 N–H and O–H groups in total. The second kappa shape index (κ2) is 25.1. The molecule has 17 nitrogen and oxygen atoms in total. The second-order valence-electron chi connectivity index (χ2n) is 21.3. The van der Waals surface area contributed by atoms with Crippen LogP contribution in [0.3, 0.4) is 0 Å². The molecule has 0 amide bonds. The molecule has 1 aromatic heterocycles. The van der Waals surface area contributed by atoms with E-state index in [4.69, 9.17) is 28.4 Å². The van der Waals surface area contributed by atoms with Gasteiger partial charge < -0.3 is 63.8 Å². The van der Waals surface area contributed by atoms with Crippen molar-refractivity contribution in [1.82, 2.24) is 24.8 Å². The number of aliphatic hydroxyl groups excluding tert-OH is 3. The fourth-order valence-electron chi connectivity index (χ4n) is 10.9. The monoisotopic (exact) mass is 1480 g/mol. The molecule has 3 fully saturated rings. The van der Waals surface area contributed by atoms with Crippen molar-refractivity contribution in [3.63, 3.8) is 0 Å². The van der Waals surface area contributed by atoms with E-state index in [1.54, 1.807) is 41.5 Å². The van der Waals surface area contributed by atoms with Gasteiger partial charge in [0, 0.05) is 63.8 Å². The Balaban J connectivity index is 0.00000648. The molecule has 18 atom stereocenters. The van der Waals surface area contributed by atoms with Gasteiger partial charge in [0.1, 0.15) is 30.0 Å². The topological polar surface area (TPSA) is 211 Å². The number of aliphatic hydroxyl groups is 5. The van der Waals surface area contributed by atoms with Gasteiger partial charge in [0.05, 0.1) is 47.2 Å². The molecule has 5 rings (SSSR count). The zero-order valence-electron chi connectivity index (χ0n) is 43.7. The van der Waals surface area contributed by atoms with Crippen LogP contribution in [-0.4, -0.2) is 181 Å². The van der Waals surface area contributed by atoms with Crippen molar-refractivity contribution in [2.75, 3.05) is 34.3 Å². The quantitative estimate of drug-likeness (QED) is 0.0972. The predicted molar refractivity (Wildman–Crippen MR) is 255 cm³/mol. The number of unbranched alkanes of at least 4 members (excludes halogenated alkanes) is 1. The summed E-state index contributed by atoms with van der Waals surface area (Å²) < 4.78 is 40.2. The molecule has 19 heteroatoms. The fraction of sp³-hybridized carbons (Fsp3) is 0.824. The van der Waals surface area contributed by atoms with Crippen molar-refractivity contribution in [2.24, 2.45) is 17.8 Å². The minimum Gasteiger partial charge on any atom is -0.459 e. The first-order chi connectivity index (χ1) is 31.9. The molecule has 0 unspecified atom stereocenters. The Hall–Kier alpha value is -4.65. The van der Waals surface area contributed by atoms with Crippen LogP contribution in [0.25, 0.3) is 0 Å². The Kier molecular flexibility index (Phi) is 21.4. The van der Waals surface area contributed by atoms with Crippen LogP contribution in [0.15, 0.2) is 30.5 Å². The van der Waals surface area contributed by atoms with Crippen LogP contribution in [0.5, 0.6) is 0 Å². The number of rotatable bonds is 15. The van der Waals surface area contributed by atoms with Gasteiger partial charge in [0.15, 0.2) is 12.6 Å². The third-order valence-corrected chi connectivity index (χ3v) is 15.3. The summed E-state index contributed by atoms with van der Waals surface area (Å²) in [5.41, 5.74) is -2.34. The molecule has 4 heterocycles. The summed E-state index contributed by atoms with van der Waals surface area (Å²) in [6.07, 6.45) is -3.19. The normalized spacial score (nSPS) is 39.5. The van der Waals surface area contributed by atoms with Gasteiger partial charge in [-0.2, -0.15) is 35.9 Å². The van der Waals surface area contributed by atoms with E-state index < -0.39 is 96.0 Å². The summed E-state index contributed by atoms with van der Waals surface area (Å²) in [6.45, 7) is 19.4. The first kappa shape index (κ1) is 59.7. The number of likely N-dealkylation sites (N-methyl/N-ethyl adjacent to an activating group) is 2. The van der Waals surface area contributed by atoms with E-state index in [1.807, 2.05) is 62.8 Å². The minimum absolute atomic E-state index is 0. The van der Waals surface area contributed by atoms with E-state index in [2.05, 4.69) is 33.4 Å². The number of ether oxygens (including phenoxy) is 6. The van der Waals surface area contributed by atoms with E-state index in [9.17, 15) is 30.3 Å². The summed E-state index contributed by atoms with van der Waals surface area (Å²) in [6, 6.07) is 10.2. The first-order valence-corrected chi connectivity index (χ1v) is 25.0. The van der Waals surface area contributed by atoms with E-state index in [0.29, 0.717) is 25.9 Å². The smallest absolute Gasteiger partial charge is 0.311 e. The Morgan fingerprint density at radius 1 is 0.943 bits per heavy atom. The van der Waals surface area contributed by atoms with E-state index in [1.165, 1.54) is 19.6 Å². The molecule has 3 aliphatic rings. The number of aromatic nitrogens is 3. The zero-order chi connectivity index (χ0) is 50.3. The largest absolute Gasteiger partial charge is 0.459 e. The number of hydrogen-bond donors (Lipinski definition) is 5. The van der Waals surface area contributed by atoms with Crippen LogP contribution in [0.1, 0.15) is 119 Å². The Labute approximate surface area is 405 Å². The van der Waals surface area contributed by atoms with Gasteiger partial charge in [-0.05, 0) is 101 Å². The van der Waals surface area contributed by atoms with E-state index in [-0.39, 0.29) is 37.3 Å². The van der Waals surface area contributed by atoms with Crippen molar-refractivity contribution in [3.8, 4) is 0 Å². The van der Waals surface area contributed by atoms with Gasteiger partial charge in [0.25, 0.3) is 0 Å². The summed E-state index contributed by atoms with van der Waals surface area (Å²) >= 11 is 0. The third-order valence-electron chi connectivity index (χ3n) is 15.3. The minimum atomic E-state index is -1.83. The molecule has 0 radical (unpaired) electrons. The molecular weight excluding hydrogens is 1390 g/mol. The van der Waals surface area contributed by atoms with Crippen LogP contribution in [-0.2, 0) is 52.6 Å². The van der Waals surface area contributed by atoms with Crippen molar-refractivity contribution in [3.05, 3.63) is 47.8 Å². The molecule has 416 valence electrons. The SMILES string of the molecule is CC[C@H]1OC(=O)[C@H](C)[C@@H](O[C@H]2C[C@@](C)(OC)[C@@H](O)[C@H](C)O2)[C@H](C)[C@@H](O[C@@H]2O[C@H](C)C[C@H](N(C)CCc3cn(CCCCc4cc[c-]cc4)nn3)[C@H]2O)[C@](C)(O)C[C@@H](C)CN(C)[C@H](C)[C@@H](O)[C@]1(C)O.[No].[No]. The van der Waals surface area contributed by atoms with Crippen LogP contribution in [0, 0.1) is 23.8 Å². The maximum Gasteiger partial charge on any atom is 0.311 e. The maximum atomic E-state index is 14.5. The number of nitrogens with zero attached hydrogens (tertiary/aromatic N) is 5. The maximum absolute atomic E-state index is 14.5. The van der Waals surface area contributed by atoms with Crippen LogP contribution in [0.4, 0.5) is 0 Å². The van der Waals surface area contributed by atoms with Crippen molar-refractivity contribution < 1.29 is 58.7 Å². The Morgan fingerprint density at radius 2 is 1.61 bits per heavy atom. The molecule has 0 aliphatic carbocycles. The number of esters is 1. The Morgan fingerprint density at radius 3 is 2.26 bits per heavy atom. The van der Waals surface area contributed by atoms with Crippen molar-refractivity contribution in [2.45, 2.75) is 217 Å². The molecule has 3 aliphatic heterocycles. The molecule has 1 aromatic carbocycles. The van der Waals surface area contributed by atoms with Gasteiger partial charge in [-0.3, -0.25) is 9.48 Å². The molecular formula is C51H86N5No2O12-. The van der Waals surface area contributed by atoms with Crippen LogP contribution >= 0.6 is 0 Å². The van der Waals surface area contributed by atoms with E-state index in [0.717, 1.165) is 31.5 Å². The number of aryl methyl sites for hydroxylation is 2. The van der Waals surface area contributed by atoms with Gasteiger partial charge >= 0.3 is 5.97 Å². The van der Waals surface area contributed by atoms with Crippen LogP contribution in [0.2, 0.25) is 0 Å². The summed E-state index contributed by atoms with van der Waals surface area (Å²) in [5.74, 6) is -2.72. The standard InChI is InChI=1S/C51H86N5O12.2No/c1-14-40-51(10,62)44(58)35(6)55(12)29-31(2)27-49(8,61)46(33(4)43(34(5)47(60)66-40)67-41-28-50(9,63-13)45(59)36(7)65-41)68-48-42(57)39(26-32(3)64-48)54(11)25-23-38-30-56(53-52-38)24-19-18-22-37-20-16-15-17-21-37;;/h16-17,20-21,30-36,39-46,48,57-59,61-62H,14,18-19,22-29H2,1-13H3;;/q-1;;/t31-,32-,33+,34-,35-,36+,39+,40-,41+,42-,43+,44-,45+,46-,48+,49-,50-,51-;;/m1../s1. The number of cyclic esters (lactones) is 1. The molecule has 3 saturated heterocycles. The number of carbonyl (C=O) groups is 1. The van der Waals surface area contributed by atoms with Crippen molar-refractivity contribution >= 4 is 5.97 Å². The summed E-state index contributed by atoms with van der Waals surface area (Å²) in [7, 11) is 5.32. The summed E-state index contributed by atoms with van der Waals surface area (Å²) in [5, 5.41) is 68.4. The molecule has 0 bridgehead atoms. The Bertz CT molecular complexity index is 1850. The number of hydrogen-bond acceptors (Lipinski definition) is 16. The average molecular weight is 1480 g/mol. The number of benzene rings is 1. The third kappa shape index (κ3) is 14.3. The van der Waals surface area contributed by atoms with Gasteiger partial charge in [-0.25, -0.2) is 0 Å². The molecule has 0 spiro atoms. The molecule has 0 saturated carbocycles. The van der Waals surface area contributed by atoms with Crippen LogP contribution < -0.4 is 0 Å². The predicted octanol–water partition coefficient (Wildman–Crippen LogP) is 3.93. The van der Waals surface area contributed by atoms with Gasteiger partial charge in [-0.15, -0.1) is 5.10 Å². The molecule has 2 aromatic rings. The van der Waals surface area contributed by atoms with Crippen molar-refractivity contribution in [1.29, 1.82) is 0 Å². The van der Waals surface area contributed by atoms with Gasteiger partial charge in [0.2, 0.25) is 0 Å². The number of carbonyl (C=O) groups excluding carboxylic acids is 1. The number of methoxy groups -OCH3 is 1. The summed E-state index contributed by atoms with van der Waals surface area (Å²) in [4.78, 5) is 18.5. The second-order valence-corrected chi connectivity index (χ2v) is 21.3. The first-order valence-electron chi connectivity index (χ1n) is 25.0. The average Bonchev–Trinajstić information content (AvgIpc) is 3.75. The fourth-order valence-corrected chi connectivity index (χ4v) is 10.9.